The zero-order valence-corrected chi connectivity index (χ0v) is 14.6. The van der Waals surface area contributed by atoms with Crippen molar-refractivity contribution in [2.24, 2.45) is 5.92 Å². The van der Waals surface area contributed by atoms with E-state index in [9.17, 15) is 9.90 Å². The normalized spacial score (nSPS) is 31.2. The molecule has 4 heteroatoms. The highest BCUT2D eigenvalue weighted by atomic mass is 16.7. The highest BCUT2D eigenvalue weighted by Gasteiger charge is 2.47. The molecule has 2 bridgehead atoms. The molecular formula is C20H25NO3. The molecule has 2 fully saturated rings. The van der Waals surface area contributed by atoms with E-state index in [0.717, 1.165) is 18.4 Å². The Morgan fingerprint density at radius 2 is 1.83 bits per heavy atom. The number of nitrogens with zero attached hydrogens (tertiary/aromatic N) is 1. The number of hydrogen-bond donors (Lipinski definition) is 1. The van der Waals surface area contributed by atoms with Gasteiger partial charge in [0, 0.05) is 23.1 Å². The summed E-state index contributed by atoms with van der Waals surface area (Å²) in [7, 11) is 2.23. The monoisotopic (exact) mass is 327 g/mol. The number of hydrogen-bond acceptors (Lipinski definition) is 3. The molecule has 2 unspecified atom stereocenters. The van der Waals surface area contributed by atoms with Crippen molar-refractivity contribution < 1.29 is 14.6 Å². The van der Waals surface area contributed by atoms with E-state index >= 15 is 0 Å². The fourth-order valence-corrected chi connectivity index (χ4v) is 5.34. The first kappa shape index (κ1) is 15.7. The minimum absolute atomic E-state index is 0.179. The maximum absolute atomic E-state index is 11.3. The van der Waals surface area contributed by atoms with Crippen LogP contribution in [0.1, 0.15) is 50.7 Å². The highest BCUT2D eigenvalue weighted by Crippen LogP contribution is 2.53. The van der Waals surface area contributed by atoms with Crippen molar-refractivity contribution in [3.8, 4) is 0 Å². The number of rotatable bonds is 2. The van der Waals surface area contributed by atoms with E-state index in [0.29, 0.717) is 23.8 Å². The summed E-state index contributed by atoms with van der Waals surface area (Å²) in [4.78, 5) is 13.9. The van der Waals surface area contributed by atoms with E-state index < -0.39 is 6.16 Å². The van der Waals surface area contributed by atoms with Gasteiger partial charge in [-0.2, -0.15) is 0 Å². The van der Waals surface area contributed by atoms with Gasteiger partial charge < -0.3 is 14.7 Å². The molecule has 128 valence electrons. The largest absolute Gasteiger partial charge is 0.511 e. The molecule has 1 aromatic rings. The summed E-state index contributed by atoms with van der Waals surface area (Å²) in [6, 6.07) is 9.32. The van der Waals surface area contributed by atoms with Gasteiger partial charge in [-0.15, -0.1) is 0 Å². The summed E-state index contributed by atoms with van der Waals surface area (Å²) >= 11 is 0. The van der Waals surface area contributed by atoms with Crippen LogP contribution in [-0.2, 0) is 10.2 Å². The van der Waals surface area contributed by atoms with E-state index in [1.807, 2.05) is 18.2 Å². The van der Waals surface area contributed by atoms with Gasteiger partial charge in [-0.1, -0.05) is 38.1 Å². The smallest absolute Gasteiger partial charge is 0.449 e. The Labute approximate surface area is 143 Å². The Bertz CT molecular complexity index is 707. The first-order valence-corrected chi connectivity index (χ1v) is 8.87. The van der Waals surface area contributed by atoms with Gasteiger partial charge in [0.05, 0.1) is 0 Å². The third-order valence-electron chi connectivity index (χ3n) is 6.46. The Hall–Kier alpha value is -1.81. The first-order valence-electron chi connectivity index (χ1n) is 8.87. The molecular weight excluding hydrogens is 302 g/mol. The second kappa shape index (κ2) is 5.35. The summed E-state index contributed by atoms with van der Waals surface area (Å²) in [5.74, 6) is 0.993. The van der Waals surface area contributed by atoms with Crippen LogP contribution in [0.4, 0.5) is 4.79 Å². The standard InChI is InChI=1S/C20H25NO3/c1-20(2)16-7-5-4-6-15(16)18(24-19(22)23)17(20)12-10-13-8-9-14(11-12)21(13)3/h4-7,12-14H,8-11H2,1-3H3,(H,22,23). The van der Waals surface area contributed by atoms with Crippen molar-refractivity contribution in [3.63, 3.8) is 0 Å². The maximum Gasteiger partial charge on any atom is 0.511 e. The molecule has 1 N–H and O–H groups in total. The number of fused-ring (bicyclic) bond motifs is 3. The fourth-order valence-electron chi connectivity index (χ4n) is 5.34. The lowest BCUT2D eigenvalue weighted by Gasteiger charge is -2.40. The highest BCUT2D eigenvalue weighted by molar-refractivity contribution is 5.81. The van der Waals surface area contributed by atoms with Gasteiger partial charge in [0.15, 0.2) is 0 Å². The van der Waals surface area contributed by atoms with Gasteiger partial charge in [0.2, 0.25) is 0 Å². The van der Waals surface area contributed by atoms with E-state index in [-0.39, 0.29) is 5.41 Å². The second-order valence-electron chi connectivity index (χ2n) is 8.00. The Morgan fingerprint density at radius 1 is 1.21 bits per heavy atom. The Balaban J connectivity index is 1.80. The van der Waals surface area contributed by atoms with Gasteiger partial charge in [-0.25, -0.2) is 4.79 Å². The zero-order chi connectivity index (χ0) is 17.1. The minimum atomic E-state index is -1.22. The lowest BCUT2D eigenvalue weighted by Crippen LogP contribution is -2.42. The summed E-state index contributed by atoms with van der Waals surface area (Å²) < 4.78 is 5.34. The molecule has 24 heavy (non-hydrogen) atoms. The van der Waals surface area contributed by atoms with Crippen LogP contribution in [0.3, 0.4) is 0 Å². The molecule has 0 radical (unpaired) electrons. The number of allylic oxidation sites excluding steroid dienone is 1. The molecule has 4 nitrogen and oxygen atoms in total. The number of ether oxygens (including phenoxy) is 1. The quantitative estimate of drug-likeness (QED) is 0.825. The number of benzene rings is 1. The van der Waals surface area contributed by atoms with Crippen LogP contribution in [0.25, 0.3) is 5.76 Å². The SMILES string of the molecule is CN1C2CCC1CC(C1=C(OC(=O)O)c3ccccc3C1(C)C)C2. The first-order chi connectivity index (χ1) is 11.4. The fraction of sp³-hybridized carbons (Fsp3) is 0.550. The van der Waals surface area contributed by atoms with Crippen LogP contribution in [-0.4, -0.2) is 35.3 Å². The molecule has 1 aromatic carbocycles. The molecule has 0 aromatic heterocycles. The minimum Gasteiger partial charge on any atom is -0.449 e. The summed E-state index contributed by atoms with van der Waals surface area (Å²) in [5, 5.41) is 9.28. The molecule has 2 heterocycles. The molecule has 2 atom stereocenters. The van der Waals surface area contributed by atoms with Crippen LogP contribution < -0.4 is 0 Å². The number of carbonyl (C=O) groups is 1. The number of carboxylic acid groups (broad SMARTS) is 1. The summed E-state index contributed by atoms with van der Waals surface area (Å²) in [5.41, 5.74) is 3.14. The van der Waals surface area contributed by atoms with Crippen LogP contribution in [0.15, 0.2) is 29.8 Å². The topological polar surface area (TPSA) is 49.8 Å². The third-order valence-corrected chi connectivity index (χ3v) is 6.46. The molecule has 2 aliphatic heterocycles. The van der Waals surface area contributed by atoms with Gasteiger partial charge in [0.25, 0.3) is 0 Å². The van der Waals surface area contributed by atoms with Crippen molar-refractivity contribution in [2.45, 2.75) is 57.0 Å². The zero-order valence-electron chi connectivity index (χ0n) is 14.6. The molecule has 0 saturated carbocycles. The molecule has 4 rings (SSSR count). The molecule has 1 aliphatic carbocycles. The average molecular weight is 327 g/mol. The van der Waals surface area contributed by atoms with Crippen LogP contribution >= 0.6 is 0 Å². The summed E-state index contributed by atoms with van der Waals surface area (Å²) in [6.45, 7) is 4.42. The molecule has 3 aliphatic rings. The lowest BCUT2D eigenvalue weighted by atomic mass is 9.72. The molecule has 0 amide bonds. The van der Waals surface area contributed by atoms with E-state index in [1.54, 1.807) is 0 Å². The summed E-state index contributed by atoms with van der Waals surface area (Å²) in [6.07, 6.45) is 3.50. The van der Waals surface area contributed by atoms with Gasteiger partial charge in [-0.3, -0.25) is 0 Å². The van der Waals surface area contributed by atoms with Crippen molar-refractivity contribution in [1.29, 1.82) is 0 Å². The van der Waals surface area contributed by atoms with E-state index in [1.165, 1.54) is 24.0 Å². The predicted octanol–water partition coefficient (Wildman–Crippen LogP) is 4.26. The average Bonchev–Trinajstić information content (AvgIpc) is 2.87. The second-order valence-corrected chi connectivity index (χ2v) is 8.00. The molecule has 0 spiro atoms. The van der Waals surface area contributed by atoms with Crippen LogP contribution in [0.2, 0.25) is 0 Å². The van der Waals surface area contributed by atoms with Crippen LogP contribution in [0.5, 0.6) is 0 Å². The van der Waals surface area contributed by atoms with Crippen molar-refractivity contribution in [1.82, 2.24) is 4.90 Å². The van der Waals surface area contributed by atoms with E-state index in [2.05, 4.69) is 31.9 Å². The Kier molecular flexibility index (Phi) is 3.50. The van der Waals surface area contributed by atoms with E-state index in [4.69, 9.17) is 4.74 Å². The lowest BCUT2D eigenvalue weighted by molar-refractivity contribution is 0.129. The third kappa shape index (κ3) is 2.20. The van der Waals surface area contributed by atoms with Gasteiger partial charge in [-0.05, 0) is 49.8 Å². The maximum atomic E-state index is 11.3. The van der Waals surface area contributed by atoms with Gasteiger partial charge >= 0.3 is 6.16 Å². The van der Waals surface area contributed by atoms with Crippen LogP contribution in [0, 0.1) is 5.92 Å². The van der Waals surface area contributed by atoms with Crippen molar-refractivity contribution >= 4 is 11.9 Å². The van der Waals surface area contributed by atoms with Crippen molar-refractivity contribution in [2.75, 3.05) is 7.05 Å². The Morgan fingerprint density at radius 3 is 2.46 bits per heavy atom. The van der Waals surface area contributed by atoms with Gasteiger partial charge in [0.1, 0.15) is 5.76 Å². The van der Waals surface area contributed by atoms with Crippen molar-refractivity contribution in [3.05, 3.63) is 41.0 Å². The number of piperidine rings is 1. The molecule has 2 saturated heterocycles. The predicted molar refractivity (Wildman–Crippen MR) is 92.8 cm³/mol.